The highest BCUT2D eigenvalue weighted by Crippen LogP contribution is 2.08. The van der Waals surface area contributed by atoms with Crippen molar-refractivity contribution in [3.63, 3.8) is 0 Å². The van der Waals surface area contributed by atoms with Crippen LogP contribution < -0.4 is 5.32 Å². The highest BCUT2D eigenvalue weighted by atomic mass is 16.5. The summed E-state index contributed by atoms with van der Waals surface area (Å²) < 4.78 is 4.89. The number of aliphatic hydroxyl groups is 2. The van der Waals surface area contributed by atoms with Gasteiger partial charge in [0.1, 0.15) is 0 Å². The van der Waals surface area contributed by atoms with Crippen LogP contribution in [-0.2, 0) is 4.74 Å². The van der Waals surface area contributed by atoms with Crippen LogP contribution in [0.15, 0.2) is 0 Å². The molecule has 0 heterocycles. The fourth-order valence-corrected chi connectivity index (χ4v) is 1.05. The maximum Gasteiger partial charge on any atom is 0.0765 e. The van der Waals surface area contributed by atoms with E-state index >= 15 is 0 Å². The first-order valence-electron chi connectivity index (χ1n) is 4.91. The summed E-state index contributed by atoms with van der Waals surface area (Å²) >= 11 is 0. The average Bonchev–Trinajstić information content (AvgIpc) is 1.98. The second-order valence-corrected chi connectivity index (χ2v) is 4.66. The first-order chi connectivity index (χ1) is 6.27. The Balaban J connectivity index is 3.65. The van der Waals surface area contributed by atoms with Gasteiger partial charge < -0.3 is 20.3 Å². The van der Waals surface area contributed by atoms with Crippen LogP contribution in [0.4, 0.5) is 0 Å². The Hall–Kier alpha value is -0.160. The third-order valence-corrected chi connectivity index (χ3v) is 1.91. The van der Waals surface area contributed by atoms with Gasteiger partial charge in [0.15, 0.2) is 0 Å². The molecule has 4 heteroatoms. The first-order valence-corrected chi connectivity index (χ1v) is 4.91. The summed E-state index contributed by atoms with van der Waals surface area (Å²) in [5.41, 5.74) is -1.52. The number of nitrogens with one attached hydrogen (secondary N) is 1. The van der Waals surface area contributed by atoms with E-state index in [9.17, 15) is 10.2 Å². The minimum Gasteiger partial charge on any atom is -0.389 e. The molecule has 0 aliphatic carbocycles. The quantitative estimate of drug-likeness (QED) is 0.553. The topological polar surface area (TPSA) is 61.7 Å². The average molecular weight is 205 g/mol. The van der Waals surface area contributed by atoms with Gasteiger partial charge in [-0.1, -0.05) is 0 Å². The zero-order chi connectivity index (χ0) is 11.2. The fraction of sp³-hybridized carbons (Fsp3) is 1.00. The molecule has 0 aromatic heterocycles. The molecule has 4 nitrogen and oxygen atoms in total. The molecule has 0 rings (SSSR count). The molecular formula is C10H23NO3. The molecule has 0 aliphatic rings. The Morgan fingerprint density at radius 1 is 1.14 bits per heavy atom. The Morgan fingerprint density at radius 2 is 1.71 bits per heavy atom. The second kappa shape index (κ2) is 5.66. The molecule has 0 amide bonds. The summed E-state index contributed by atoms with van der Waals surface area (Å²) in [5, 5.41) is 22.3. The Bertz CT molecular complexity index is 152. The maximum atomic E-state index is 9.82. The Kier molecular flexibility index (Phi) is 5.59. The van der Waals surface area contributed by atoms with Crippen molar-refractivity contribution in [1.29, 1.82) is 0 Å². The maximum absolute atomic E-state index is 9.82. The van der Waals surface area contributed by atoms with Crippen molar-refractivity contribution >= 4 is 0 Å². The van der Waals surface area contributed by atoms with Gasteiger partial charge in [-0.3, -0.25) is 0 Å². The van der Waals surface area contributed by atoms with Gasteiger partial charge in [0, 0.05) is 33.2 Å². The van der Waals surface area contributed by atoms with Crippen molar-refractivity contribution in [2.75, 3.05) is 26.8 Å². The first kappa shape index (κ1) is 13.8. The molecule has 1 atom stereocenters. The largest absolute Gasteiger partial charge is 0.389 e. The van der Waals surface area contributed by atoms with E-state index in [1.165, 1.54) is 0 Å². The van der Waals surface area contributed by atoms with Gasteiger partial charge in [-0.05, 0) is 20.8 Å². The van der Waals surface area contributed by atoms with Crippen LogP contribution in [-0.4, -0.2) is 48.2 Å². The normalized spacial score (nSPS) is 16.7. The van der Waals surface area contributed by atoms with Crippen LogP contribution in [0.25, 0.3) is 0 Å². The number of ether oxygens (including phenoxy) is 1. The Morgan fingerprint density at radius 3 is 2.14 bits per heavy atom. The van der Waals surface area contributed by atoms with E-state index in [1.54, 1.807) is 27.9 Å². The highest BCUT2D eigenvalue weighted by Gasteiger charge is 2.21. The van der Waals surface area contributed by atoms with E-state index in [4.69, 9.17) is 4.74 Å². The Labute approximate surface area is 86.3 Å². The molecular weight excluding hydrogens is 182 g/mol. The zero-order valence-corrected chi connectivity index (χ0v) is 9.63. The van der Waals surface area contributed by atoms with E-state index < -0.39 is 11.2 Å². The van der Waals surface area contributed by atoms with Gasteiger partial charge in [-0.25, -0.2) is 0 Å². The summed E-state index contributed by atoms with van der Waals surface area (Å²) in [6.07, 6.45) is 0.586. The number of rotatable bonds is 7. The lowest BCUT2D eigenvalue weighted by Crippen LogP contribution is -2.44. The van der Waals surface area contributed by atoms with Crippen LogP contribution in [0, 0.1) is 0 Å². The summed E-state index contributed by atoms with van der Waals surface area (Å²) in [4.78, 5) is 0. The lowest BCUT2D eigenvalue weighted by molar-refractivity contribution is 0.0168. The van der Waals surface area contributed by atoms with E-state index in [2.05, 4.69) is 5.32 Å². The van der Waals surface area contributed by atoms with Crippen molar-refractivity contribution in [3.8, 4) is 0 Å². The van der Waals surface area contributed by atoms with Gasteiger partial charge in [0.2, 0.25) is 0 Å². The standard InChI is InChI=1S/C10H23NO3/c1-9(2,12)7-11-8-10(3,13)5-6-14-4/h11-13H,5-8H2,1-4H3. The summed E-state index contributed by atoms with van der Waals surface area (Å²) in [5.74, 6) is 0. The SMILES string of the molecule is COCCC(C)(O)CNCC(C)(C)O. The van der Waals surface area contributed by atoms with Crippen LogP contribution in [0.3, 0.4) is 0 Å². The molecule has 0 aromatic rings. The van der Waals surface area contributed by atoms with E-state index in [0.29, 0.717) is 26.1 Å². The molecule has 0 bridgehead atoms. The third kappa shape index (κ3) is 8.44. The molecule has 0 fully saturated rings. The van der Waals surface area contributed by atoms with Gasteiger partial charge in [0.05, 0.1) is 11.2 Å². The van der Waals surface area contributed by atoms with Crippen molar-refractivity contribution < 1.29 is 14.9 Å². The molecule has 0 saturated heterocycles. The van der Waals surface area contributed by atoms with Crippen LogP contribution in [0.1, 0.15) is 27.2 Å². The smallest absolute Gasteiger partial charge is 0.0765 e. The van der Waals surface area contributed by atoms with Gasteiger partial charge in [0.25, 0.3) is 0 Å². The lowest BCUT2D eigenvalue weighted by atomic mass is 10.0. The number of hydrogen-bond acceptors (Lipinski definition) is 4. The molecule has 1 unspecified atom stereocenters. The molecule has 0 saturated carbocycles. The molecule has 86 valence electrons. The summed E-state index contributed by atoms with van der Waals surface area (Å²) in [6, 6.07) is 0. The molecule has 14 heavy (non-hydrogen) atoms. The van der Waals surface area contributed by atoms with Crippen LogP contribution >= 0.6 is 0 Å². The molecule has 0 aliphatic heterocycles. The van der Waals surface area contributed by atoms with Gasteiger partial charge >= 0.3 is 0 Å². The van der Waals surface area contributed by atoms with Crippen molar-refractivity contribution in [2.45, 2.75) is 38.4 Å². The molecule has 3 N–H and O–H groups in total. The van der Waals surface area contributed by atoms with Crippen molar-refractivity contribution in [1.82, 2.24) is 5.32 Å². The number of methoxy groups -OCH3 is 1. The van der Waals surface area contributed by atoms with E-state index in [1.807, 2.05) is 0 Å². The molecule has 0 spiro atoms. The third-order valence-electron chi connectivity index (χ3n) is 1.91. The van der Waals surface area contributed by atoms with E-state index in [0.717, 1.165) is 0 Å². The summed E-state index contributed by atoms with van der Waals surface area (Å²) in [7, 11) is 1.61. The number of hydrogen-bond donors (Lipinski definition) is 3. The van der Waals surface area contributed by atoms with Crippen LogP contribution in [0.2, 0.25) is 0 Å². The van der Waals surface area contributed by atoms with Gasteiger partial charge in [-0.15, -0.1) is 0 Å². The van der Waals surface area contributed by atoms with Gasteiger partial charge in [-0.2, -0.15) is 0 Å². The predicted molar refractivity (Wildman–Crippen MR) is 56.3 cm³/mol. The monoisotopic (exact) mass is 205 g/mol. The highest BCUT2D eigenvalue weighted by molar-refractivity contribution is 4.77. The second-order valence-electron chi connectivity index (χ2n) is 4.66. The molecule has 0 aromatic carbocycles. The van der Waals surface area contributed by atoms with Crippen molar-refractivity contribution in [3.05, 3.63) is 0 Å². The van der Waals surface area contributed by atoms with E-state index in [-0.39, 0.29) is 0 Å². The lowest BCUT2D eigenvalue weighted by Gasteiger charge is -2.26. The zero-order valence-electron chi connectivity index (χ0n) is 9.63. The predicted octanol–water partition coefficient (Wildman–Crippen LogP) is 0.134. The summed E-state index contributed by atoms with van der Waals surface area (Å²) in [6.45, 7) is 6.67. The van der Waals surface area contributed by atoms with Crippen LogP contribution in [0.5, 0.6) is 0 Å². The minimum absolute atomic E-state index is 0.459. The fourth-order valence-electron chi connectivity index (χ4n) is 1.05. The minimum atomic E-state index is -0.777. The molecule has 0 radical (unpaired) electrons. The van der Waals surface area contributed by atoms with Crippen molar-refractivity contribution in [2.24, 2.45) is 0 Å².